The predicted octanol–water partition coefficient (Wildman–Crippen LogP) is 5.27. The standard InChI is InChI=1S/C28H26FNO6/c1-16(31)30-14-17-3-2-4-19(11-17)35-24-10-8-23(29)28-22(24)7-9-25(28)36-20-5-6-21-18(12-27(32)33)15-34-26(21)13-20/h2-6,8,10-11,13,18,25H,7,9,12,14-15H2,1H3,(H,30,31)(H,32,33)/t18?,25-/m1/s1. The lowest BCUT2D eigenvalue weighted by atomic mass is 9.98. The van der Waals surface area contributed by atoms with Crippen molar-refractivity contribution < 1.29 is 33.3 Å². The van der Waals surface area contributed by atoms with Gasteiger partial charge in [0, 0.05) is 42.1 Å². The highest BCUT2D eigenvalue weighted by Gasteiger charge is 2.32. The average Bonchev–Trinajstić information content (AvgIpc) is 3.44. The number of hydrogen-bond donors (Lipinski definition) is 2. The van der Waals surface area contributed by atoms with Crippen LogP contribution in [0.3, 0.4) is 0 Å². The van der Waals surface area contributed by atoms with E-state index in [0.29, 0.717) is 54.6 Å². The van der Waals surface area contributed by atoms with Gasteiger partial charge in [-0.2, -0.15) is 0 Å². The van der Waals surface area contributed by atoms with Crippen LogP contribution in [0.25, 0.3) is 0 Å². The number of benzene rings is 3. The number of hydrogen-bond acceptors (Lipinski definition) is 5. The summed E-state index contributed by atoms with van der Waals surface area (Å²) in [5.41, 5.74) is 2.99. The van der Waals surface area contributed by atoms with Gasteiger partial charge in [-0.15, -0.1) is 0 Å². The van der Waals surface area contributed by atoms with Crippen molar-refractivity contribution in [2.24, 2.45) is 0 Å². The molecule has 1 unspecified atom stereocenters. The van der Waals surface area contributed by atoms with Gasteiger partial charge < -0.3 is 24.6 Å². The Morgan fingerprint density at radius 2 is 2.00 bits per heavy atom. The Balaban J connectivity index is 1.33. The van der Waals surface area contributed by atoms with Crippen LogP contribution in [0.1, 0.15) is 54.0 Å². The number of carbonyl (C=O) groups is 2. The quantitative estimate of drug-likeness (QED) is 0.446. The Bertz CT molecular complexity index is 1320. The molecule has 1 heterocycles. The summed E-state index contributed by atoms with van der Waals surface area (Å²) in [5.74, 6) is 0.801. The molecule has 1 aliphatic carbocycles. The predicted molar refractivity (Wildman–Crippen MR) is 129 cm³/mol. The molecule has 8 heteroatoms. The highest BCUT2D eigenvalue weighted by Crippen LogP contribution is 2.44. The number of aliphatic carboxylic acids is 1. The van der Waals surface area contributed by atoms with Crippen LogP contribution in [0, 0.1) is 5.82 Å². The molecule has 1 aliphatic heterocycles. The zero-order valence-corrected chi connectivity index (χ0v) is 19.8. The van der Waals surface area contributed by atoms with Gasteiger partial charge in [-0.05, 0) is 48.7 Å². The SMILES string of the molecule is CC(=O)NCc1cccc(Oc2ccc(F)c3c2CC[C@H]3Oc2ccc3c(c2)OCC3CC(=O)O)c1. The summed E-state index contributed by atoms with van der Waals surface area (Å²) in [5, 5.41) is 11.9. The van der Waals surface area contributed by atoms with Crippen LogP contribution >= 0.6 is 0 Å². The van der Waals surface area contributed by atoms with E-state index in [0.717, 1.165) is 16.7 Å². The lowest BCUT2D eigenvalue weighted by molar-refractivity contribution is -0.137. The molecule has 2 N–H and O–H groups in total. The molecule has 0 bridgehead atoms. The minimum atomic E-state index is -0.868. The summed E-state index contributed by atoms with van der Waals surface area (Å²) in [7, 11) is 0. The van der Waals surface area contributed by atoms with Crippen LogP contribution in [0.2, 0.25) is 0 Å². The van der Waals surface area contributed by atoms with E-state index in [9.17, 15) is 14.0 Å². The fourth-order valence-electron chi connectivity index (χ4n) is 4.80. The third-order valence-electron chi connectivity index (χ3n) is 6.47. The van der Waals surface area contributed by atoms with Crippen LogP contribution in [-0.2, 0) is 22.6 Å². The first-order valence-electron chi connectivity index (χ1n) is 11.8. The van der Waals surface area contributed by atoms with Crippen molar-refractivity contribution in [1.29, 1.82) is 0 Å². The molecule has 0 saturated heterocycles. The maximum absolute atomic E-state index is 14.9. The van der Waals surface area contributed by atoms with E-state index >= 15 is 0 Å². The number of carboxylic acids is 1. The van der Waals surface area contributed by atoms with Gasteiger partial charge in [-0.25, -0.2) is 4.39 Å². The maximum Gasteiger partial charge on any atom is 0.304 e. The monoisotopic (exact) mass is 491 g/mol. The van der Waals surface area contributed by atoms with Crippen LogP contribution in [0.4, 0.5) is 4.39 Å². The number of carboxylic acid groups (broad SMARTS) is 1. The second-order valence-electron chi connectivity index (χ2n) is 9.05. The molecule has 7 nitrogen and oxygen atoms in total. The van der Waals surface area contributed by atoms with Crippen LogP contribution in [-0.4, -0.2) is 23.6 Å². The molecular formula is C28H26FNO6. The van der Waals surface area contributed by atoms with Crippen LogP contribution < -0.4 is 19.5 Å². The van der Waals surface area contributed by atoms with Gasteiger partial charge in [-0.3, -0.25) is 9.59 Å². The molecule has 3 aromatic carbocycles. The van der Waals surface area contributed by atoms with E-state index in [2.05, 4.69) is 5.32 Å². The number of halogens is 1. The number of amides is 1. The van der Waals surface area contributed by atoms with Crippen molar-refractivity contribution in [3.8, 4) is 23.0 Å². The zero-order valence-electron chi connectivity index (χ0n) is 19.8. The normalized spacial score (nSPS) is 17.6. The third kappa shape index (κ3) is 4.98. The largest absolute Gasteiger partial charge is 0.492 e. The minimum Gasteiger partial charge on any atom is -0.492 e. The number of nitrogens with one attached hydrogen (secondary N) is 1. The Labute approximate surface area is 207 Å². The lowest BCUT2D eigenvalue weighted by Gasteiger charge is -2.17. The molecule has 0 fully saturated rings. The van der Waals surface area contributed by atoms with Crippen molar-refractivity contribution in [3.63, 3.8) is 0 Å². The number of carbonyl (C=O) groups excluding carboxylic acids is 1. The first-order valence-corrected chi connectivity index (χ1v) is 11.8. The Morgan fingerprint density at radius 3 is 2.81 bits per heavy atom. The first-order chi connectivity index (χ1) is 17.4. The zero-order chi connectivity index (χ0) is 25.2. The van der Waals surface area contributed by atoms with Crippen molar-refractivity contribution in [2.45, 2.75) is 44.8 Å². The molecule has 3 aromatic rings. The van der Waals surface area contributed by atoms with Crippen molar-refractivity contribution in [1.82, 2.24) is 5.32 Å². The molecule has 1 amide bonds. The van der Waals surface area contributed by atoms with Crippen LogP contribution in [0.5, 0.6) is 23.0 Å². The fraction of sp³-hybridized carbons (Fsp3) is 0.286. The summed E-state index contributed by atoms with van der Waals surface area (Å²) < 4.78 is 32.9. The van der Waals surface area contributed by atoms with Gasteiger partial charge in [-0.1, -0.05) is 18.2 Å². The van der Waals surface area contributed by atoms with E-state index in [1.54, 1.807) is 18.2 Å². The molecule has 2 atom stereocenters. The van der Waals surface area contributed by atoms with E-state index in [1.807, 2.05) is 30.3 Å². The van der Waals surface area contributed by atoms with Gasteiger partial charge >= 0.3 is 5.97 Å². The minimum absolute atomic E-state index is 0.00728. The molecule has 0 radical (unpaired) electrons. The van der Waals surface area contributed by atoms with E-state index < -0.39 is 12.1 Å². The Kier molecular flexibility index (Phi) is 6.50. The van der Waals surface area contributed by atoms with Gasteiger partial charge in [0.2, 0.25) is 5.91 Å². The lowest BCUT2D eigenvalue weighted by Crippen LogP contribution is -2.18. The van der Waals surface area contributed by atoms with Gasteiger partial charge in [0.05, 0.1) is 13.0 Å². The average molecular weight is 492 g/mol. The molecule has 5 rings (SSSR count). The highest BCUT2D eigenvalue weighted by atomic mass is 19.1. The molecular weight excluding hydrogens is 465 g/mol. The number of fused-ring (bicyclic) bond motifs is 2. The van der Waals surface area contributed by atoms with E-state index in [-0.39, 0.29) is 24.1 Å². The van der Waals surface area contributed by atoms with Crippen LogP contribution in [0.15, 0.2) is 54.6 Å². The van der Waals surface area contributed by atoms with Gasteiger partial charge in [0.15, 0.2) is 0 Å². The van der Waals surface area contributed by atoms with E-state index in [4.69, 9.17) is 19.3 Å². The van der Waals surface area contributed by atoms with Crippen molar-refractivity contribution >= 4 is 11.9 Å². The molecule has 36 heavy (non-hydrogen) atoms. The Morgan fingerprint density at radius 1 is 1.14 bits per heavy atom. The summed E-state index contributed by atoms with van der Waals surface area (Å²) in [6.07, 6.45) is 0.715. The van der Waals surface area contributed by atoms with Gasteiger partial charge in [0.1, 0.15) is 34.9 Å². The molecule has 2 aliphatic rings. The first kappa shape index (κ1) is 23.7. The fourth-order valence-corrected chi connectivity index (χ4v) is 4.80. The second-order valence-corrected chi connectivity index (χ2v) is 9.05. The number of rotatable bonds is 8. The van der Waals surface area contributed by atoms with Gasteiger partial charge in [0.25, 0.3) is 0 Å². The molecule has 0 aromatic heterocycles. The maximum atomic E-state index is 14.9. The summed E-state index contributed by atoms with van der Waals surface area (Å²) in [4.78, 5) is 22.3. The molecule has 0 saturated carbocycles. The summed E-state index contributed by atoms with van der Waals surface area (Å²) in [6.45, 7) is 2.18. The topological polar surface area (TPSA) is 94.1 Å². The summed E-state index contributed by atoms with van der Waals surface area (Å²) >= 11 is 0. The number of ether oxygens (including phenoxy) is 3. The smallest absolute Gasteiger partial charge is 0.304 e. The highest BCUT2D eigenvalue weighted by molar-refractivity contribution is 5.72. The Hall–Kier alpha value is -4.07. The molecule has 0 spiro atoms. The third-order valence-corrected chi connectivity index (χ3v) is 6.47. The summed E-state index contributed by atoms with van der Waals surface area (Å²) in [6, 6.07) is 15.8. The van der Waals surface area contributed by atoms with Crippen molar-refractivity contribution in [2.75, 3.05) is 6.61 Å². The van der Waals surface area contributed by atoms with E-state index in [1.165, 1.54) is 13.0 Å². The molecule has 186 valence electrons. The second kappa shape index (κ2) is 9.89. The van der Waals surface area contributed by atoms with Crippen molar-refractivity contribution in [3.05, 3.63) is 82.7 Å².